The van der Waals surface area contributed by atoms with Crippen LogP contribution >= 0.6 is 11.3 Å². The fourth-order valence-electron chi connectivity index (χ4n) is 4.42. The van der Waals surface area contributed by atoms with Gasteiger partial charge in [-0.1, -0.05) is 25.8 Å². The van der Waals surface area contributed by atoms with Crippen LogP contribution in [-0.2, 0) is 11.2 Å². The molecular formula is C23H27N3O3S. The van der Waals surface area contributed by atoms with Gasteiger partial charge >= 0.3 is 5.97 Å². The van der Waals surface area contributed by atoms with Crippen LogP contribution in [0, 0.1) is 5.92 Å². The summed E-state index contributed by atoms with van der Waals surface area (Å²) in [7, 11) is 0. The Morgan fingerprint density at radius 3 is 2.83 bits per heavy atom. The number of rotatable bonds is 7. The van der Waals surface area contributed by atoms with E-state index < -0.39 is 5.97 Å². The van der Waals surface area contributed by atoms with Crippen molar-refractivity contribution in [2.45, 2.75) is 51.5 Å². The maximum atomic E-state index is 12.4. The molecule has 0 bridgehead atoms. The molecule has 2 atom stereocenters. The largest absolute Gasteiger partial charge is 0.481 e. The number of hydrogen-bond acceptors (Lipinski definition) is 4. The number of thiophene rings is 1. The molecule has 158 valence electrons. The van der Waals surface area contributed by atoms with E-state index in [0.717, 1.165) is 29.7 Å². The fraction of sp³-hybridized carbons (Fsp3) is 0.435. The molecule has 1 saturated carbocycles. The normalized spacial score (nSPS) is 19.1. The zero-order valence-corrected chi connectivity index (χ0v) is 18.0. The van der Waals surface area contributed by atoms with E-state index in [-0.39, 0.29) is 18.9 Å². The van der Waals surface area contributed by atoms with Crippen LogP contribution in [0.3, 0.4) is 0 Å². The van der Waals surface area contributed by atoms with E-state index in [1.807, 2.05) is 18.2 Å². The molecule has 30 heavy (non-hydrogen) atoms. The minimum absolute atomic E-state index is 0.0901. The molecule has 0 radical (unpaired) electrons. The Balaban J connectivity index is 1.68. The summed E-state index contributed by atoms with van der Waals surface area (Å²) in [4.78, 5) is 29.3. The first kappa shape index (κ1) is 20.6. The Kier molecular flexibility index (Phi) is 6.18. The van der Waals surface area contributed by atoms with E-state index in [2.05, 4.69) is 34.3 Å². The Morgan fingerprint density at radius 2 is 2.10 bits per heavy atom. The van der Waals surface area contributed by atoms with Gasteiger partial charge in [0.2, 0.25) is 0 Å². The number of carboxylic acid groups (broad SMARTS) is 1. The topological polar surface area (TPSA) is 84.2 Å². The molecule has 1 aromatic carbocycles. The van der Waals surface area contributed by atoms with E-state index >= 15 is 0 Å². The molecule has 0 aliphatic heterocycles. The van der Waals surface area contributed by atoms with Gasteiger partial charge in [0.1, 0.15) is 5.82 Å². The quantitative estimate of drug-likeness (QED) is 0.577. The molecule has 0 saturated heterocycles. The maximum absolute atomic E-state index is 12.4. The van der Waals surface area contributed by atoms with E-state index in [9.17, 15) is 9.59 Å². The molecule has 2 heterocycles. The number of amides is 1. The molecule has 1 aliphatic rings. The second-order valence-corrected chi connectivity index (χ2v) is 9.12. The Hall–Kier alpha value is -2.67. The average Bonchev–Trinajstić information content (AvgIpc) is 3.35. The second-order valence-electron chi connectivity index (χ2n) is 8.09. The standard InChI is InChI=1S/C23H27N3O3S/c1-15-5-2-3-7-19(15)26-20-9-8-16(23(29)24-11-10-22(27)28)13-18(20)25-21(26)14-17-6-4-12-30-17/h4,6,8-9,12-13,15,19H,2-3,5,7,10-11,14H2,1H3,(H,24,29)(H,27,28). The van der Waals surface area contributed by atoms with Crippen LogP contribution in [0.2, 0.25) is 0 Å². The third-order valence-electron chi connectivity index (χ3n) is 5.96. The summed E-state index contributed by atoms with van der Waals surface area (Å²) < 4.78 is 2.41. The van der Waals surface area contributed by atoms with Gasteiger partial charge in [-0.25, -0.2) is 4.98 Å². The number of carboxylic acids is 1. The van der Waals surface area contributed by atoms with Crippen molar-refractivity contribution in [3.05, 3.63) is 52.0 Å². The number of nitrogens with one attached hydrogen (secondary N) is 1. The van der Waals surface area contributed by atoms with Crippen LogP contribution in [0.15, 0.2) is 35.7 Å². The average molecular weight is 426 g/mol. The molecule has 6 nitrogen and oxygen atoms in total. The van der Waals surface area contributed by atoms with Crippen molar-refractivity contribution < 1.29 is 14.7 Å². The van der Waals surface area contributed by atoms with Gasteiger partial charge in [0.05, 0.1) is 17.5 Å². The number of benzene rings is 1. The highest BCUT2D eigenvalue weighted by Crippen LogP contribution is 2.37. The highest BCUT2D eigenvalue weighted by Gasteiger charge is 2.27. The number of aromatic nitrogens is 2. The summed E-state index contributed by atoms with van der Waals surface area (Å²) in [6.07, 6.45) is 5.60. The SMILES string of the molecule is CC1CCCCC1n1c(Cc2cccs2)nc2cc(C(=O)NCCC(=O)O)ccc21. The highest BCUT2D eigenvalue weighted by atomic mass is 32.1. The first-order chi connectivity index (χ1) is 14.5. The molecule has 1 amide bonds. The van der Waals surface area contributed by atoms with Crippen LogP contribution in [-0.4, -0.2) is 33.1 Å². The lowest BCUT2D eigenvalue weighted by atomic mass is 9.85. The second kappa shape index (κ2) is 9.00. The van der Waals surface area contributed by atoms with Crippen molar-refractivity contribution in [2.24, 2.45) is 5.92 Å². The minimum atomic E-state index is -0.927. The first-order valence-corrected chi connectivity index (χ1v) is 11.4. The number of aliphatic carboxylic acids is 1. The van der Waals surface area contributed by atoms with E-state index in [1.54, 1.807) is 11.3 Å². The van der Waals surface area contributed by atoms with Gasteiger partial charge in [-0.2, -0.15) is 0 Å². The van der Waals surface area contributed by atoms with E-state index in [1.165, 1.54) is 24.1 Å². The fourth-order valence-corrected chi connectivity index (χ4v) is 5.12. The Bertz CT molecular complexity index is 1040. The van der Waals surface area contributed by atoms with Gasteiger partial charge < -0.3 is 15.0 Å². The van der Waals surface area contributed by atoms with Crippen LogP contribution in [0.5, 0.6) is 0 Å². The van der Waals surface area contributed by atoms with Crippen molar-refractivity contribution in [3.8, 4) is 0 Å². The van der Waals surface area contributed by atoms with E-state index in [4.69, 9.17) is 10.1 Å². The lowest BCUT2D eigenvalue weighted by molar-refractivity contribution is -0.136. The molecule has 1 aliphatic carbocycles. The lowest BCUT2D eigenvalue weighted by Gasteiger charge is -2.31. The number of hydrogen-bond donors (Lipinski definition) is 2. The molecular weight excluding hydrogens is 398 g/mol. The monoisotopic (exact) mass is 425 g/mol. The lowest BCUT2D eigenvalue weighted by Crippen LogP contribution is -2.26. The van der Waals surface area contributed by atoms with Crippen molar-refractivity contribution >= 4 is 34.2 Å². The molecule has 0 spiro atoms. The van der Waals surface area contributed by atoms with Gasteiger partial charge in [-0.3, -0.25) is 9.59 Å². The predicted molar refractivity (Wildman–Crippen MR) is 118 cm³/mol. The van der Waals surface area contributed by atoms with Crippen LogP contribution in [0.4, 0.5) is 0 Å². The van der Waals surface area contributed by atoms with Crippen molar-refractivity contribution in [1.82, 2.24) is 14.9 Å². The zero-order valence-electron chi connectivity index (χ0n) is 17.1. The molecule has 7 heteroatoms. The first-order valence-electron chi connectivity index (χ1n) is 10.6. The van der Waals surface area contributed by atoms with Crippen molar-refractivity contribution in [2.75, 3.05) is 6.54 Å². The number of carbonyl (C=O) groups excluding carboxylic acids is 1. The van der Waals surface area contributed by atoms with Gasteiger partial charge in [-0.15, -0.1) is 11.3 Å². The van der Waals surface area contributed by atoms with Crippen LogP contribution in [0.25, 0.3) is 11.0 Å². The Labute approximate surface area is 179 Å². The molecule has 2 aromatic heterocycles. The third kappa shape index (κ3) is 4.41. The Morgan fingerprint density at radius 1 is 1.27 bits per heavy atom. The van der Waals surface area contributed by atoms with Gasteiger partial charge in [0.15, 0.2) is 0 Å². The van der Waals surface area contributed by atoms with Crippen LogP contribution < -0.4 is 5.32 Å². The van der Waals surface area contributed by atoms with Crippen molar-refractivity contribution in [1.29, 1.82) is 0 Å². The molecule has 4 rings (SSSR count). The smallest absolute Gasteiger partial charge is 0.305 e. The summed E-state index contributed by atoms with van der Waals surface area (Å²) in [6, 6.07) is 10.3. The summed E-state index contributed by atoms with van der Waals surface area (Å²) in [5.74, 6) is 0.453. The molecule has 2 unspecified atom stereocenters. The third-order valence-corrected chi connectivity index (χ3v) is 6.84. The van der Waals surface area contributed by atoms with Gasteiger partial charge in [0.25, 0.3) is 5.91 Å². The predicted octanol–water partition coefficient (Wildman–Crippen LogP) is 4.64. The van der Waals surface area contributed by atoms with Crippen molar-refractivity contribution in [3.63, 3.8) is 0 Å². The van der Waals surface area contributed by atoms with Gasteiger partial charge in [-0.05, 0) is 48.4 Å². The number of carbonyl (C=O) groups is 2. The number of imidazole rings is 1. The highest BCUT2D eigenvalue weighted by molar-refractivity contribution is 7.09. The minimum Gasteiger partial charge on any atom is -0.481 e. The summed E-state index contributed by atoms with van der Waals surface area (Å²) >= 11 is 1.74. The van der Waals surface area contributed by atoms with Crippen LogP contribution in [0.1, 0.15) is 66.1 Å². The maximum Gasteiger partial charge on any atom is 0.305 e. The molecule has 1 fully saturated rings. The summed E-state index contributed by atoms with van der Waals surface area (Å²) in [5.41, 5.74) is 2.41. The number of nitrogens with zero attached hydrogens (tertiary/aromatic N) is 2. The zero-order chi connectivity index (χ0) is 21.1. The van der Waals surface area contributed by atoms with Gasteiger partial charge in [0, 0.05) is 29.4 Å². The number of fused-ring (bicyclic) bond motifs is 1. The van der Waals surface area contributed by atoms with E-state index in [0.29, 0.717) is 17.5 Å². The molecule has 3 aromatic rings. The summed E-state index contributed by atoms with van der Waals surface area (Å²) in [5, 5.41) is 13.5. The summed E-state index contributed by atoms with van der Waals surface area (Å²) in [6.45, 7) is 2.44. The molecule has 2 N–H and O–H groups in total.